The molecule has 0 aromatic heterocycles. The first-order valence-corrected chi connectivity index (χ1v) is 7.44. The summed E-state index contributed by atoms with van der Waals surface area (Å²) < 4.78 is 10.3. The topological polar surface area (TPSA) is 96.9 Å². The minimum atomic E-state index is -0.964. The number of carbonyl (C=O) groups is 2. The number of benzene rings is 1. The fourth-order valence-electron chi connectivity index (χ4n) is 2.09. The number of aliphatic carboxylic acids is 1. The molecule has 1 amide bonds. The second kappa shape index (κ2) is 8.99. The lowest BCUT2D eigenvalue weighted by Gasteiger charge is -2.20. The maximum absolute atomic E-state index is 12.2. The van der Waals surface area contributed by atoms with Crippen molar-refractivity contribution in [2.24, 2.45) is 0 Å². The Kier molecular flexibility index (Phi) is 7.34. The van der Waals surface area contributed by atoms with E-state index in [1.54, 1.807) is 32.2 Å². The largest absolute Gasteiger partial charge is 0.497 e. The molecule has 0 saturated heterocycles. The third-order valence-electron chi connectivity index (χ3n) is 3.39. The average Bonchev–Trinajstić information content (AvgIpc) is 2.54. The maximum atomic E-state index is 12.2. The summed E-state index contributed by atoms with van der Waals surface area (Å²) in [6.07, 6.45) is 1.17. The molecular weight excluding hydrogens is 300 g/mol. The molecule has 0 spiro atoms. The van der Waals surface area contributed by atoms with Crippen LogP contribution in [0.2, 0.25) is 0 Å². The number of nitrogens with one attached hydrogen (secondary N) is 2. The lowest BCUT2D eigenvalue weighted by molar-refractivity contribution is -0.140. The number of methoxy groups -OCH3 is 2. The first kappa shape index (κ1) is 18.8. The van der Waals surface area contributed by atoms with Gasteiger partial charge >= 0.3 is 5.97 Å². The molecule has 0 heterocycles. The van der Waals surface area contributed by atoms with Crippen LogP contribution in [-0.2, 0) is 9.59 Å². The Morgan fingerprint density at radius 2 is 1.96 bits per heavy atom. The highest BCUT2D eigenvalue weighted by molar-refractivity contribution is 5.96. The van der Waals surface area contributed by atoms with Crippen LogP contribution in [0.4, 0.5) is 5.69 Å². The van der Waals surface area contributed by atoms with E-state index in [1.807, 2.05) is 6.92 Å². The van der Waals surface area contributed by atoms with Crippen LogP contribution in [0.1, 0.15) is 26.7 Å². The third-order valence-corrected chi connectivity index (χ3v) is 3.39. The molecule has 128 valence electrons. The van der Waals surface area contributed by atoms with Crippen molar-refractivity contribution in [3.05, 3.63) is 18.2 Å². The summed E-state index contributed by atoms with van der Waals surface area (Å²) in [6, 6.07) is 3.62. The molecule has 2 atom stereocenters. The van der Waals surface area contributed by atoms with Crippen molar-refractivity contribution in [2.75, 3.05) is 19.5 Å². The molecule has 3 N–H and O–H groups in total. The summed E-state index contributed by atoms with van der Waals surface area (Å²) in [7, 11) is 3.03. The van der Waals surface area contributed by atoms with Crippen molar-refractivity contribution < 1.29 is 24.2 Å². The summed E-state index contributed by atoms with van der Waals surface area (Å²) in [4.78, 5) is 23.4. The lowest BCUT2D eigenvalue weighted by Crippen LogP contribution is -2.47. The van der Waals surface area contributed by atoms with Crippen molar-refractivity contribution in [1.82, 2.24) is 5.32 Å². The molecule has 0 radical (unpaired) electrons. The number of anilines is 1. The van der Waals surface area contributed by atoms with Gasteiger partial charge in [-0.3, -0.25) is 14.9 Å². The molecular formula is C16H24N2O5. The number of amides is 1. The number of carboxylic acid groups (broad SMARTS) is 1. The minimum absolute atomic E-state index is 0.337. The Morgan fingerprint density at radius 1 is 1.26 bits per heavy atom. The number of hydrogen-bond acceptors (Lipinski definition) is 5. The van der Waals surface area contributed by atoms with Crippen LogP contribution in [0.15, 0.2) is 18.2 Å². The van der Waals surface area contributed by atoms with Gasteiger partial charge in [0.1, 0.15) is 17.5 Å². The summed E-state index contributed by atoms with van der Waals surface area (Å²) in [5.41, 5.74) is 0.495. The summed E-state index contributed by atoms with van der Waals surface area (Å²) in [5.74, 6) is -0.225. The molecule has 7 heteroatoms. The lowest BCUT2D eigenvalue weighted by atomic mass is 10.1. The van der Waals surface area contributed by atoms with E-state index in [1.165, 1.54) is 7.11 Å². The van der Waals surface area contributed by atoms with Gasteiger partial charge in [0.25, 0.3) is 0 Å². The van der Waals surface area contributed by atoms with Gasteiger partial charge in [0, 0.05) is 6.07 Å². The zero-order valence-corrected chi connectivity index (χ0v) is 13.9. The van der Waals surface area contributed by atoms with Gasteiger partial charge in [-0.25, -0.2) is 0 Å². The number of hydrogen-bond donors (Lipinski definition) is 3. The SMILES string of the molecule is CCCC(NC(C)C(=O)Nc1ccc(OC)cc1OC)C(=O)O. The predicted octanol–water partition coefficient (Wildman–Crippen LogP) is 1.87. The molecule has 0 saturated carbocycles. The highest BCUT2D eigenvalue weighted by atomic mass is 16.5. The van der Waals surface area contributed by atoms with Crippen LogP contribution in [0.5, 0.6) is 11.5 Å². The fourth-order valence-corrected chi connectivity index (χ4v) is 2.09. The van der Waals surface area contributed by atoms with Crippen LogP contribution in [0.3, 0.4) is 0 Å². The molecule has 1 rings (SSSR count). The second-order valence-electron chi connectivity index (χ2n) is 5.12. The van der Waals surface area contributed by atoms with Crippen LogP contribution in [0, 0.1) is 0 Å². The molecule has 1 aromatic carbocycles. The van der Waals surface area contributed by atoms with Gasteiger partial charge in [0.15, 0.2) is 0 Å². The molecule has 1 aromatic rings. The number of rotatable bonds is 9. The van der Waals surface area contributed by atoms with E-state index in [2.05, 4.69) is 10.6 Å². The van der Waals surface area contributed by atoms with E-state index in [9.17, 15) is 9.59 Å². The predicted molar refractivity (Wildman–Crippen MR) is 87.1 cm³/mol. The fraction of sp³-hybridized carbons (Fsp3) is 0.500. The summed E-state index contributed by atoms with van der Waals surface area (Å²) in [6.45, 7) is 3.52. The van der Waals surface area contributed by atoms with Gasteiger partial charge in [0.05, 0.1) is 25.9 Å². The number of carbonyl (C=O) groups excluding carboxylic acids is 1. The van der Waals surface area contributed by atoms with Crippen LogP contribution in [0.25, 0.3) is 0 Å². The van der Waals surface area contributed by atoms with Crippen LogP contribution >= 0.6 is 0 Å². The Balaban J connectivity index is 2.76. The molecule has 0 aliphatic carbocycles. The molecule has 0 fully saturated rings. The summed E-state index contributed by atoms with van der Waals surface area (Å²) >= 11 is 0. The van der Waals surface area contributed by atoms with E-state index < -0.39 is 18.1 Å². The van der Waals surface area contributed by atoms with Crippen LogP contribution in [-0.4, -0.2) is 43.3 Å². The Labute approximate surface area is 136 Å². The van der Waals surface area contributed by atoms with Crippen molar-refractivity contribution in [1.29, 1.82) is 0 Å². The number of ether oxygens (including phenoxy) is 2. The van der Waals surface area contributed by atoms with E-state index in [0.29, 0.717) is 30.0 Å². The first-order valence-electron chi connectivity index (χ1n) is 7.44. The molecule has 2 unspecified atom stereocenters. The zero-order chi connectivity index (χ0) is 17.4. The third kappa shape index (κ3) is 5.45. The average molecular weight is 324 g/mol. The minimum Gasteiger partial charge on any atom is -0.497 e. The van der Waals surface area contributed by atoms with E-state index >= 15 is 0 Å². The van der Waals surface area contributed by atoms with E-state index in [-0.39, 0.29) is 5.91 Å². The van der Waals surface area contributed by atoms with Crippen molar-refractivity contribution in [3.63, 3.8) is 0 Å². The molecule has 23 heavy (non-hydrogen) atoms. The van der Waals surface area contributed by atoms with Crippen molar-refractivity contribution in [3.8, 4) is 11.5 Å². The molecule has 0 aliphatic rings. The summed E-state index contributed by atoms with van der Waals surface area (Å²) in [5, 5.41) is 14.7. The standard InChI is InChI=1S/C16H24N2O5/c1-5-6-13(16(20)21)17-10(2)15(19)18-12-8-7-11(22-3)9-14(12)23-4/h7-10,13,17H,5-6H2,1-4H3,(H,18,19)(H,20,21). The first-order chi connectivity index (χ1) is 10.9. The van der Waals surface area contributed by atoms with Crippen molar-refractivity contribution in [2.45, 2.75) is 38.8 Å². The highest BCUT2D eigenvalue weighted by Gasteiger charge is 2.23. The van der Waals surface area contributed by atoms with Gasteiger partial charge in [-0.2, -0.15) is 0 Å². The second-order valence-corrected chi connectivity index (χ2v) is 5.12. The Hall–Kier alpha value is -2.28. The van der Waals surface area contributed by atoms with Gasteiger partial charge in [0.2, 0.25) is 5.91 Å². The van der Waals surface area contributed by atoms with Gasteiger partial charge in [-0.1, -0.05) is 13.3 Å². The van der Waals surface area contributed by atoms with Gasteiger partial charge in [-0.15, -0.1) is 0 Å². The monoisotopic (exact) mass is 324 g/mol. The maximum Gasteiger partial charge on any atom is 0.320 e. The quantitative estimate of drug-likeness (QED) is 0.642. The Morgan fingerprint density at radius 3 is 2.48 bits per heavy atom. The van der Waals surface area contributed by atoms with Crippen molar-refractivity contribution >= 4 is 17.6 Å². The molecule has 7 nitrogen and oxygen atoms in total. The van der Waals surface area contributed by atoms with E-state index in [0.717, 1.165) is 0 Å². The smallest absolute Gasteiger partial charge is 0.320 e. The van der Waals surface area contributed by atoms with Gasteiger partial charge in [-0.05, 0) is 25.5 Å². The van der Waals surface area contributed by atoms with E-state index in [4.69, 9.17) is 14.6 Å². The highest BCUT2D eigenvalue weighted by Crippen LogP contribution is 2.29. The normalized spacial score (nSPS) is 13.0. The zero-order valence-electron chi connectivity index (χ0n) is 13.9. The number of carboxylic acids is 1. The van der Waals surface area contributed by atoms with Gasteiger partial charge < -0.3 is 19.9 Å². The van der Waals surface area contributed by atoms with Crippen LogP contribution < -0.4 is 20.1 Å². The molecule has 0 bridgehead atoms. The Bertz CT molecular complexity index is 547. The molecule has 0 aliphatic heterocycles.